The highest BCUT2D eigenvalue weighted by molar-refractivity contribution is 5.95. The number of benzene rings is 2. The van der Waals surface area contributed by atoms with Gasteiger partial charge in [-0.1, -0.05) is 60.7 Å². The summed E-state index contributed by atoms with van der Waals surface area (Å²) in [7, 11) is 0. The number of hydrogen-bond acceptors (Lipinski definition) is 16. The molecule has 356 valence electrons. The first kappa shape index (κ1) is 48.7. The van der Waals surface area contributed by atoms with Crippen molar-refractivity contribution in [3.05, 3.63) is 97.1 Å². The van der Waals surface area contributed by atoms with E-state index in [9.17, 15) is 38.7 Å². The molecule has 0 radical (unpaired) electrons. The summed E-state index contributed by atoms with van der Waals surface area (Å²) in [6.07, 6.45) is 2.56. The van der Waals surface area contributed by atoms with Gasteiger partial charge in [0, 0.05) is 26.2 Å². The molecule has 0 atom stereocenters. The summed E-state index contributed by atoms with van der Waals surface area (Å²) in [4.78, 5) is 117. The van der Waals surface area contributed by atoms with Crippen molar-refractivity contribution in [2.75, 3.05) is 49.9 Å². The van der Waals surface area contributed by atoms with Crippen molar-refractivity contribution in [1.29, 1.82) is 0 Å². The van der Waals surface area contributed by atoms with E-state index in [0.717, 1.165) is 27.3 Å². The number of rotatable bonds is 20. The summed E-state index contributed by atoms with van der Waals surface area (Å²) < 4.78 is 18.6. The minimum Gasteiger partial charge on any atom is -0.480 e. The van der Waals surface area contributed by atoms with Crippen molar-refractivity contribution < 1.29 is 52.9 Å². The van der Waals surface area contributed by atoms with E-state index in [1.165, 1.54) is 28.1 Å². The molecule has 0 unspecified atom stereocenters. The van der Waals surface area contributed by atoms with Gasteiger partial charge in [-0.2, -0.15) is 0 Å². The standard InChI is InChI=1S/C43H48N14O11/c1-43(2,3)68-40(63)45-15-17-54(31(59)19-56-26-50-34-36(46-24-48-38(34)56)52-41(64)66-22-28-10-6-4-7-11-28)18-30(58)44-14-16-55(21-33(61)62)32(60)20-57-27-51-35-37(47-25-49-39(35)57)53-42(65)67-23-29-12-8-5-9-13-29/h4-13,24-27H,14-23H2,1-3H3,(H,44,58)(H,45,63)(H,61,62)(H,46,48,52,64)(H,47,49,53,65). The maximum Gasteiger partial charge on any atom is 0.413 e. The van der Waals surface area contributed by atoms with Crippen LogP contribution in [0.3, 0.4) is 0 Å². The quantitative estimate of drug-likeness (QED) is 0.0687. The number of imidazole rings is 2. The summed E-state index contributed by atoms with van der Waals surface area (Å²) in [6, 6.07) is 18.1. The number of carbonyl (C=O) groups is 7. The molecule has 5 N–H and O–H groups in total. The molecule has 0 aliphatic rings. The molecule has 4 heterocycles. The number of fused-ring (bicyclic) bond motifs is 2. The third kappa shape index (κ3) is 14.4. The number of aromatic nitrogens is 8. The molecule has 6 amide bonds. The van der Waals surface area contributed by atoms with Gasteiger partial charge in [-0.05, 0) is 31.9 Å². The number of anilines is 2. The Morgan fingerprint density at radius 1 is 0.603 bits per heavy atom. The molecule has 0 spiro atoms. The van der Waals surface area contributed by atoms with Crippen molar-refractivity contribution >= 4 is 75.9 Å². The van der Waals surface area contributed by atoms with Crippen LogP contribution in [0.2, 0.25) is 0 Å². The Hall–Kier alpha value is -8.77. The third-order valence-corrected chi connectivity index (χ3v) is 9.40. The Morgan fingerprint density at radius 3 is 1.51 bits per heavy atom. The van der Waals surface area contributed by atoms with Gasteiger partial charge in [0.25, 0.3) is 0 Å². The van der Waals surface area contributed by atoms with Crippen molar-refractivity contribution in [3.63, 3.8) is 0 Å². The number of carboxylic acid groups (broad SMARTS) is 1. The van der Waals surface area contributed by atoms with Gasteiger partial charge < -0.3 is 48.9 Å². The van der Waals surface area contributed by atoms with Crippen LogP contribution in [0, 0.1) is 0 Å². The van der Waals surface area contributed by atoms with Gasteiger partial charge in [0.1, 0.15) is 51.1 Å². The van der Waals surface area contributed by atoms with E-state index in [1.54, 1.807) is 57.2 Å². The van der Waals surface area contributed by atoms with Crippen molar-refractivity contribution in [3.8, 4) is 0 Å². The minimum atomic E-state index is -1.32. The molecule has 6 rings (SSSR count). The highest BCUT2D eigenvalue weighted by atomic mass is 16.6. The van der Waals surface area contributed by atoms with Crippen LogP contribution in [0.25, 0.3) is 22.3 Å². The molecule has 0 fully saturated rings. The Balaban J connectivity index is 1.06. The first-order valence-corrected chi connectivity index (χ1v) is 20.9. The summed E-state index contributed by atoms with van der Waals surface area (Å²) in [5, 5.41) is 19.8. The van der Waals surface area contributed by atoms with Crippen LogP contribution < -0.4 is 21.3 Å². The molecule has 25 heteroatoms. The van der Waals surface area contributed by atoms with Crippen LogP contribution in [0.15, 0.2) is 86.0 Å². The van der Waals surface area contributed by atoms with Crippen molar-refractivity contribution in [2.24, 2.45) is 0 Å². The second kappa shape index (κ2) is 22.9. The van der Waals surface area contributed by atoms with Crippen molar-refractivity contribution in [2.45, 2.75) is 52.7 Å². The van der Waals surface area contributed by atoms with E-state index in [-0.39, 0.29) is 79.9 Å². The monoisotopic (exact) mass is 936 g/mol. The lowest BCUT2D eigenvalue weighted by atomic mass is 10.2. The Morgan fingerprint density at radius 2 is 1.06 bits per heavy atom. The number of nitrogens with zero attached hydrogens (tertiary/aromatic N) is 10. The molecular weight excluding hydrogens is 889 g/mol. The minimum absolute atomic E-state index is 0.00584. The molecule has 0 bridgehead atoms. The normalized spacial score (nSPS) is 11.0. The summed E-state index contributed by atoms with van der Waals surface area (Å²) >= 11 is 0. The second-order valence-corrected chi connectivity index (χ2v) is 15.7. The number of aliphatic carboxylic acids is 1. The molecule has 0 saturated heterocycles. The van der Waals surface area contributed by atoms with E-state index in [1.807, 2.05) is 24.3 Å². The van der Waals surface area contributed by atoms with Crippen LogP contribution in [0.1, 0.15) is 31.9 Å². The van der Waals surface area contributed by atoms with Crippen LogP contribution in [-0.4, -0.2) is 141 Å². The van der Waals surface area contributed by atoms with Crippen LogP contribution in [-0.2, 0) is 59.7 Å². The Labute approximate surface area is 387 Å². The van der Waals surface area contributed by atoms with Crippen LogP contribution in [0.4, 0.5) is 26.0 Å². The highest BCUT2D eigenvalue weighted by Crippen LogP contribution is 2.20. The molecule has 25 nitrogen and oxygen atoms in total. The summed E-state index contributed by atoms with van der Waals surface area (Å²) in [5.74, 6) is -3.20. The molecule has 6 aromatic rings. The number of carbonyl (C=O) groups excluding carboxylic acids is 6. The van der Waals surface area contributed by atoms with Gasteiger partial charge in [0.2, 0.25) is 17.7 Å². The summed E-state index contributed by atoms with van der Waals surface area (Å²) in [5.41, 5.74) is 1.38. The number of carboxylic acids is 1. The fourth-order valence-corrected chi connectivity index (χ4v) is 6.29. The zero-order valence-electron chi connectivity index (χ0n) is 37.2. The lowest BCUT2D eigenvalue weighted by Gasteiger charge is -2.24. The van der Waals surface area contributed by atoms with E-state index in [0.29, 0.717) is 0 Å². The SMILES string of the molecule is CC(C)(C)OC(=O)NCCN(CC(=O)NCCN(CC(=O)O)C(=O)Cn1cnc2c(NC(=O)OCc3ccccc3)ncnc21)C(=O)Cn1cnc2c(NC(=O)OCc3ccccc3)ncnc21. The smallest absolute Gasteiger partial charge is 0.413 e. The molecule has 68 heavy (non-hydrogen) atoms. The Kier molecular flexibility index (Phi) is 16.4. The largest absolute Gasteiger partial charge is 0.480 e. The number of amides is 6. The van der Waals surface area contributed by atoms with Crippen molar-refractivity contribution in [1.82, 2.24) is 59.5 Å². The number of ether oxygens (including phenoxy) is 3. The van der Waals surface area contributed by atoms with Gasteiger partial charge in [0.15, 0.2) is 34.0 Å². The highest BCUT2D eigenvalue weighted by Gasteiger charge is 2.24. The predicted molar refractivity (Wildman–Crippen MR) is 239 cm³/mol. The lowest BCUT2D eigenvalue weighted by molar-refractivity contribution is -0.144. The number of hydrogen-bond donors (Lipinski definition) is 5. The van der Waals surface area contributed by atoms with E-state index < -0.39 is 67.2 Å². The maximum atomic E-state index is 13.8. The second-order valence-electron chi connectivity index (χ2n) is 15.7. The van der Waals surface area contributed by atoms with E-state index in [4.69, 9.17) is 14.2 Å². The van der Waals surface area contributed by atoms with Gasteiger partial charge in [0.05, 0.1) is 19.2 Å². The number of alkyl carbamates (subject to hydrolysis) is 1. The average Bonchev–Trinajstić information content (AvgIpc) is 3.91. The fraction of sp³-hybridized carbons (Fsp3) is 0.326. The topological polar surface area (TPSA) is 309 Å². The zero-order valence-corrected chi connectivity index (χ0v) is 37.2. The zero-order chi connectivity index (χ0) is 48.6. The van der Waals surface area contributed by atoms with Gasteiger partial charge in [-0.3, -0.25) is 29.8 Å². The van der Waals surface area contributed by atoms with Gasteiger partial charge in [-0.15, -0.1) is 0 Å². The molecule has 0 aliphatic carbocycles. The first-order valence-electron chi connectivity index (χ1n) is 20.9. The Bertz CT molecular complexity index is 2740. The van der Waals surface area contributed by atoms with E-state index in [2.05, 4.69) is 51.2 Å². The first-order chi connectivity index (χ1) is 32.6. The summed E-state index contributed by atoms with van der Waals surface area (Å²) in [6.45, 7) is 2.33. The molecule has 0 saturated carbocycles. The average molecular weight is 937 g/mol. The van der Waals surface area contributed by atoms with E-state index >= 15 is 0 Å². The third-order valence-electron chi connectivity index (χ3n) is 9.40. The molecular formula is C43H48N14O11. The number of nitrogens with one attached hydrogen (secondary N) is 4. The van der Waals surface area contributed by atoms with Gasteiger partial charge >= 0.3 is 24.2 Å². The molecule has 4 aromatic heterocycles. The van der Waals surface area contributed by atoms with Crippen LogP contribution in [0.5, 0.6) is 0 Å². The van der Waals surface area contributed by atoms with Gasteiger partial charge in [-0.25, -0.2) is 44.3 Å². The fourth-order valence-electron chi connectivity index (χ4n) is 6.29. The molecule has 0 aliphatic heterocycles. The lowest BCUT2D eigenvalue weighted by Crippen LogP contribution is -2.47. The predicted octanol–water partition coefficient (Wildman–Crippen LogP) is 2.55. The van der Waals surface area contributed by atoms with Crippen LogP contribution >= 0.6 is 0 Å². The maximum absolute atomic E-state index is 13.8. The molecule has 2 aromatic carbocycles.